The van der Waals surface area contributed by atoms with Crippen LogP contribution >= 0.6 is 15.9 Å². The summed E-state index contributed by atoms with van der Waals surface area (Å²) in [5.74, 6) is 0.798. The van der Waals surface area contributed by atoms with Gasteiger partial charge in [0.25, 0.3) is 0 Å². The van der Waals surface area contributed by atoms with E-state index in [1.807, 2.05) is 18.2 Å². The van der Waals surface area contributed by atoms with Crippen LogP contribution < -0.4 is 15.4 Å². The molecular weight excluding hydrogens is 312 g/mol. The Morgan fingerprint density at radius 1 is 1.58 bits per heavy atom. The Kier molecular flexibility index (Phi) is 5.04. The number of hydrogen-bond acceptors (Lipinski definition) is 4. The second kappa shape index (κ2) is 6.77. The summed E-state index contributed by atoms with van der Waals surface area (Å²) < 4.78 is 11.7. The Morgan fingerprint density at radius 3 is 3.11 bits per heavy atom. The van der Waals surface area contributed by atoms with Crippen molar-refractivity contribution >= 4 is 22.0 Å². The Hall–Kier alpha value is -1.27. The van der Waals surface area contributed by atoms with E-state index in [1.165, 1.54) is 0 Å². The van der Waals surface area contributed by atoms with E-state index in [1.54, 1.807) is 0 Å². The Balaban J connectivity index is 1.99. The van der Waals surface area contributed by atoms with Crippen LogP contribution in [0.4, 0.5) is 4.79 Å². The number of halogens is 1. The van der Waals surface area contributed by atoms with Gasteiger partial charge in [0.05, 0.1) is 11.0 Å². The number of rotatable bonds is 6. The van der Waals surface area contributed by atoms with Crippen LogP contribution in [0.5, 0.6) is 5.75 Å². The van der Waals surface area contributed by atoms with E-state index in [9.17, 15) is 4.79 Å². The fourth-order valence-corrected chi connectivity index (χ4v) is 2.34. The van der Waals surface area contributed by atoms with Crippen molar-refractivity contribution < 1.29 is 14.3 Å². The molecule has 1 aromatic carbocycles. The van der Waals surface area contributed by atoms with Crippen molar-refractivity contribution in [2.45, 2.75) is 19.6 Å². The lowest BCUT2D eigenvalue weighted by Crippen LogP contribution is -2.23. The van der Waals surface area contributed by atoms with E-state index < -0.39 is 0 Å². The summed E-state index contributed by atoms with van der Waals surface area (Å²) in [7, 11) is 0. The van der Waals surface area contributed by atoms with Gasteiger partial charge in [-0.25, -0.2) is 4.79 Å². The number of nitrogens with one attached hydrogen (secondary N) is 2. The number of cyclic esters (lactones) is 1. The van der Waals surface area contributed by atoms with Gasteiger partial charge < -0.3 is 20.1 Å². The van der Waals surface area contributed by atoms with Gasteiger partial charge in [0.15, 0.2) is 6.10 Å². The molecule has 0 aromatic heterocycles. The summed E-state index contributed by atoms with van der Waals surface area (Å²) in [6.07, 6.45) is -0.611. The van der Waals surface area contributed by atoms with E-state index in [0.29, 0.717) is 13.2 Å². The van der Waals surface area contributed by atoms with Crippen LogP contribution in [0.15, 0.2) is 22.7 Å². The molecule has 0 aliphatic carbocycles. The zero-order chi connectivity index (χ0) is 13.7. The Labute approximate surface area is 120 Å². The molecule has 5 nitrogen and oxygen atoms in total. The molecule has 1 aromatic rings. The van der Waals surface area contributed by atoms with Crippen molar-refractivity contribution in [3.63, 3.8) is 0 Å². The lowest BCUT2D eigenvalue weighted by molar-refractivity contribution is 0.104. The second-order valence-electron chi connectivity index (χ2n) is 4.23. The number of hydrogen-bond donors (Lipinski definition) is 2. The Morgan fingerprint density at radius 2 is 2.42 bits per heavy atom. The molecule has 1 fully saturated rings. The van der Waals surface area contributed by atoms with Crippen molar-refractivity contribution in [1.29, 1.82) is 0 Å². The van der Waals surface area contributed by atoms with Crippen LogP contribution in [-0.2, 0) is 11.3 Å². The SMILES string of the molecule is CCNCc1cccc(Br)c1OCC1CNC(=O)O1. The van der Waals surface area contributed by atoms with Crippen molar-refractivity contribution in [2.75, 3.05) is 19.7 Å². The molecule has 1 heterocycles. The molecule has 0 radical (unpaired) electrons. The quantitative estimate of drug-likeness (QED) is 0.839. The van der Waals surface area contributed by atoms with Gasteiger partial charge in [-0.3, -0.25) is 0 Å². The number of benzene rings is 1. The molecule has 2 rings (SSSR count). The first-order valence-electron chi connectivity index (χ1n) is 6.26. The zero-order valence-electron chi connectivity index (χ0n) is 10.7. The van der Waals surface area contributed by atoms with Gasteiger partial charge in [0, 0.05) is 12.1 Å². The van der Waals surface area contributed by atoms with Crippen LogP contribution in [0, 0.1) is 0 Å². The number of amides is 1. The molecule has 1 amide bonds. The third kappa shape index (κ3) is 3.84. The molecule has 1 unspecified atom stereocenters. The highest BCUT2D eigenvalue weighted by Gasteiger charge is 2.23. The average Bonchev–Trinajstić information content (AvgIpc) is 2.81. The lowest BCUT2D eigenvalue weighted by atomic mass is 10.2. The van der Waals surface area contributed by atoms with Crippen molar-refractivity contribution in [3.8, 4) is 5.75 Å². The summed E-state index contributed by atoms with van der Waals surface area (Å²) in [5.41, 5.74) is 1.08. The predicted octanol–water partition coefficient (Wildman–Crippen LogP) is 2.05. The fraction of sp³-hybridized carbons (Fsp3) is 0.462. The van der Waals surface area contributed by atoms with Crippen LogP contribution in [0.1, 0.15) is 12.5 Å². The summed E-state index contributed by atoms with van der Waals surface area (Å²) in [6.45, 7) is 4.54. The van der Waals surface area contributed by atoms with Crippen LogP contribution in [0.3, 0.4) is 0 Å². The van der Waals surface area contributed by atoms with Crippen molar-refractivity contribution in [2.24, 2.45) is 0 Å². The Bertz CT molecular complexity index is 454. The number of carbonyl (C=O) groups excluding carboxylic acids is 1. The first-order valence-corrected chi connectivity index (χ1v) is 7.05. The van der Waals surface area contributed by atoms with Gasteiger partial charge in [-0.1, -0.05) is 19.1 Å². The van der Waals surface area contributed by atoms with Gasteiger partial charge in [-0.05, 0) is 28.5 Å². The van der Waals surface area contributed by atoms with Crippen LogP contribution in [0.25, 0.3) is 0 Å². The van der Waals surface area contributed by atoms with Crippen molar-refractivity contribution in [3.05, 3.63) is 28.2 Å². The van der Waals surface area contributed by atoms with Gasteiger partial charge in [0.2, 0.25) is 0 Å². The molecule has 1 aliphatic heterocycles. The second-order valence-corrected chi connectivity index (χ2v) is 5.08. The number of para-hydroxylation sites is 1. The highest BCUT2D eigenvalue weighted by Crippen LogP contribution is 2.29. The summed E-state index contributed by atoms with van der Waals surface area (Å²) in [5, 5.41) is 5.87. The number of carbonyl (C=O) groups is 1. The van der Waals surface area contributed by atoms with E-state index >= 15 is 0 Å². The molecule has 6 heteroatoms. The molecule has 2 N–H and O–H groups in total. The fourth-order valence-electron chi connectivity index (χ4n) is 1.82. The molecule has 19 heavy (non-hydrogen) atoms. The monoisotopic (exact) mass is 328 g/mol. The maximum absolute atomic E-state index is 10.9. The molecule has 0 bridgehead atoms. The maximum Gasteiger partial charge on any atom is 0.407 e. The topological polar surface area (TPSA) is 59.6 Å². The molecule has 0 spiro atoms. The zero-order valence-corrected chi connectivity index (χ0v) is 12.3. The predicted molar refractivity (Wildman–Crippen MR) is 75.3 cm³/mol. The minimum atomic E-state index is -0.381. The third-order valence-corrected chi connectivity index (χ3v) is 3.40. The first-order chi connectivity index (χ1) is 9.20. The number of alkyl carbamates (subject to hydrolysis) is 1. The van der Waals surface area contributed by atoms with Crippen molar-refractivity contribution in [1.82, 2.24) is 10.6 Å². The summed E-state index contributed by atoms with van der Waals surface area (Å²) >= 11 is 3.48. The van der Waals surface area contributed by atoms with Gasteiger partial charge in [-0.15, -0.1) is 0 Å². The summed E-state index contributed by atoms with van der Waals surface area (Å²) in [6, 6.07) is 5.92. The average molecular weight is 329 g/mol. The minimum Gasteiger partial charge on any atom is -0.488 e. The maximum atomic E-state index is 10.9. The molecule has 1 atom stereocenters. The highest BCUT2D eigenvalue weighted by molar-refractivity contribution is 9.10. The lowest BCUT2D eigenvalue weighted by Gasteiger charge is -2.15. The third-order valence-electron chi connectivity index (χ3n) is 2.78. The molecule has 104 valence electrons. The molecule has 0 saturated carbocycles. The van der Waals surface area contributed by atoms with E-state index in [2.05, 4.69) is 33.5 Å². The van der Waals surface area contributed by atoms with Crippen LogP contribution in [-0.4, -0.2) is 31.9 Å². The first kappa shape index (κ1) is 14.1. The smallest absolute Gasteiger partial charge is 0.407 e. The van der Waals surface area contributed by atoms with E-state index in [4.69, 9.17) is 9.47 Å². The standard InChI is InChI=1S/C13H17BrN2O3/c1-2-15-6-9-4-3-5-11(14)12(9)18-8-10-7-16-13(17)19-10/h3-5,10,15H,2,6-8H2,1H3,(H,16,17). The van der Waals surface area contributed by atoms with Gasteiger partial charge >= 0.3 is 6.09 Å². The van der Waals surface area contributed by atoms with Gasteiger partial charge in [-0.2, -0.15) is 0 Å². The molecular formula is C13H17BrN2O3. The molecule has 1 saturated heterocycles. The van der Waals surface area contributed by atoms with E-state index in [-0.39, 0.29) is 12.2 Å². The largest absolute Gasteiger partial charge is 0.488 e. The van der Waals surface area contributed by atoms with E-state index in [0.717, 1.165) is 28.9 Å². The normalized spacial score (nSPS) is 18.0. The van der Waals surface area contributed by atoms with Crippen LogP contribution in [0.2, 0.25) is 0 Å². The minimum absolute atomic E-state index is 0.230. The highest BCUT2D eigenvalue weighted by atomic mass is 79.9. The number of ether oxygens (including phenoxy) is 2. The summed E-state index contributed by atoms with van der Waals surface area (Å²) in [4.78, 5) is 10.9. The van der Waals surface area contributed by atoms with Gasteiger partial charge in [0.1, 0.15) is 12.4 Å². The molecule has 1 aliphatic rings.